The fraction of sp³-hybridized carbons (Fsp3) is 0.818. The Morgan fingerprint density at radius 1 is 1.53 bits per heavy atom. The van der Waals surface area contributed by atoms with Crippen LogP contribution >= 0.6 is 0 Å². The number of amides is 1. The molecule has 2 aliphatic rings. The van der Waals surface area contributed by atoms with Gasteiger partial charge in [-0.15, -0.1) is 0 Å². The van der Waals surface area contributed by atoms with Crippen LogP contribution in [0.15, 0.2) is 0 Å². The summed E-state index contributed by atoms with van der Waals surface area (Å²) in [5, 5.41) is 8.87. The van der Waals surface area contributed by atoms with Crippen LogP contribution in [0.25, 0.3) is 0 Å². The molecule has 96 valence electrons. The predicted molar refractivity (Wildman–Crippen MR) is 59.6 cm³/mol. The van der Waals surface area contributed by atoms with E-state index in [0.717, 1.165) is 19.5 Å². The number of rotatable bonds is 3. The van der Waals surface area contributed by atoms with Gasteiger partial charge in [-0.2, -0.15) is 0 Å². The zero-order chi connectivity index (χ0) is 12.4. The number of nitrogens with zero attached hydrogens (tertiary/aromatic N) is 2. The van der Waals surface area contributed by atoms with Crippen molar-refractivity contribution in [2.45, 2.75) is 12.5 Å². The van der Waals surface area contributed by atoms with Crippen molar-refractivity contribution in [2.24, 2.45) is 5.92 Å². The van der Waals surface area contributed by atoms with Crippen molar-refractivity contribution in [3.8, 4) is 0 Å². The summed E-state index contributed by atoms with van der Waals surface area (Å²) < 4.78 is 4.97. The molecule has 1 N–H and O–H groups in total. The molecule has 2 saturated heterocycles. The van der Waals surface area contributed by atoms with Crippen molar-refractivity contribution in [3.05, 3.63) is 0 Å². The maximum atomic E-state index is 11.6. The molecule has 1 amide bonds. The van der Waals surface area contributed by atoms with Crippen LogP contribution in [0.3, 0.4) is 0 Å². The number of morpholine rings is 1. The van der Waals surface area contributed by atoms with Crippen LogP contribution < -0.4 is 0 Å². The van der Waals surface area contributed by atoms with Crippen molar-refractivity contribution in [1.29, 1.82) is 0 Å². The van der Waals surface area contributed by atoms with E-state index in [0.29, 0.717) is 12.5 Å². The summed E-state index contributed by atoms with van der Waals surface area (Å²) in [6.07, 6.45) is 0.200. The molecule has 0 radical (unpaired) electrons. The third-order valence-electron chi connectivity index (χ3n) is 3.39. The number of carbonyl (C=O) groups excluding carboxylic acids is 1. The van der Waals surface area contributed by atoms with Crippen LogP contribution in [0.5, 0.6) is 0 Å². The van der Waals surface area contributed by atoms with Crippen molar-refractivity contribution < 1.29 is 19.4 Å². The maximum Gasteiger partial charge on any atom is 0.334 e. The lowest BCUT2D eigenvalue weighted by Crippen LogP contribution is -2.51. The summed E-state index contributed by atoms with van der Waals surface area (Å²) in [6.45, 7) is 2.73. The van der Waals surface area contributed by atoms with Crippen molar-refractivity contribution in [3.63, 3.8) is 0 Å². The Labute approximate surface area is 100 Å². The molecule has 2 rings (SSSR count). The quantitative estimate of drug-likeness (QED) is 0.705. The number of ether oxygens (including phenoxy) is 1. The summed E-state index contributed by atoms with van der Waals surface area (Å²) in [6, 6.07) is 0. The Morgan fingerprint density at radius 2 is 2.29 bits per heavy atom. The van der Waals surface area contributed by atoms with E-state index in [1.165, 1.54) is 0 Å². The summed E-state index contributed by atoms with van der Waals surface area (Å²) in [5.74, 6) is -0.639. The van der Waals surface area contributed by atoms with Crippen molar-refractivity contribution in [2.75, 3.05) is 39.8 Å². The second-order valence-corrected chi connectivity index (χ2v) is 4.85. The number of carboxylic acids is 1. The Bertz CT molecular complexity index is 321. The van der Waals surface area contributed by atoms with E-state index in [4.69, 9.17) is 9.84 Å². The fourth-order valence-corrected chi connectivity index (χ4v) is 2.43. The zero-order valence-electron chi connectivity index (χ0n) is 9.96. The number of aliphatic carboxylic acids is 1. The molecule has 2 heterocycles. The van der Waals surface area contributed by atoms with Crippen LogP contribution in [-0.4, -0.2) is 72.7 Å². The van der Waals surface area contributed by atoms with Gasteiger partial charge in [0, 0.05) is 13.1 Å². The average molecular weight is 242 g/mol. The molecule has 0 bridgehead atoms. The first kappa shape index (κ1) is 12.3. The summed E-state index contributed by atoms with van der Waals surface area (Å²) in [5.41, 5.74) is 0. The van der Waals surface area contributed by atoms with Crippen LogP contribution in [-0.2, 0) is 14.3 Å². The molecule has 0 aliphatic carbocycles. The van der Waals surface area contributed by atoms with Gasteiger partial charge in [0.25, 0.3) is 0 Å². The van der Waals surface area contributed by atoms with Gasteiger partial charge in [-0.05, 0) is 25.9 Å². The van der Waals surface area contributed by atoms with Crippen LogP contribution in [0.1, 0.15) is 6.42 Å². The molecule has 2 aliphatic heterocycles. The third-order valence-corrected chi connectivity index (χ3v) is 3.39. The molecular weight excluding hydrogens is 224 g/mol. The van der Waals surface area contributed by atoms with Crippen molar-refractivity contribution >= 4 is 11.9 Å². The molecule has 17 heavy (non-hydrogen) atoms. The Morgan fingerprint density at radius 3 is 2.88 bits per heavy atom. The lowest BCUT2D eigenvalue weighted by Gasteiger charge is -2.32. The lowest BCUT2D eigenvalue weighted by atomic mass is 10.1. The van der Waals surface area contributed by atoms with E-state index < -0.39 is 12.1 Å². The van der Waals surface area contributed by atoms with Crippen LogP contribution in [0.4, 0.5) is 0 Å². The predicted octanol–water partition coefficient (Wildman–Crippen LogP) is -0.750. The number of hydrogen-bond donors (Lipinski definition) is 1. The van der Waals surface area contributed by atoms with Gasteiger partial charge in [0.1, 0.15) is 6.61 Å². The molecule has 6 heteroatoms. The van der Waals surface area contributed by atoms with E-state index in [1.54, 1.807) is 4.90 Å². The Hall–Kier alpha value is -1.14. The molecule has 2 fully saturated rings. The van der Waals surface area contributed by atoms with E-state index in [-0.39, 0.29) is 19.1 Å². The topological polar surface area (TPSA) is 70.1 Å². The van der Waals surface area contributed by atoms with Gasteiger partial charge < -0.3 is 19.6 Å². The van der Waals surface area contributed by atoms with Gasteiger partial charge in [-0.25, -0.2) is 4.79 Å². The molecule has 2 unspecified atom stereocenters. The van der Waals surface area contributed by atoms with E-state index in [9.17, 15) is 9.59 Å². The van der Waals surface area contributed by atoms with E-state index in [1.807, 2.05) is 0 Å². The first-order valence-electron chi connectivity index (χ1n) is 5.87. The van der Waals surface area contributed by atoms with Gasteiger partial charge in [0.15, 0.2) is 6.10 Å². The average Bonchev–Trinajstić information content (AvgIpc) is 2.67. The highest BCUT2D eigenvalue weighted by Gasteiger charge is 2.33. The minimum atomic E-state index is -0.994. The largest absolute Gasteiger partial charge is 0.479 e. The molecule has 6 nitrogen and oxygen atoms in total. The highest BCUT2D eigenvalue weighted by atomic mass is 16.5. The van der Waals surface area contributed by atoms with Gasteiger partial charge in [-0.1, -0.05) is 0 Å². The number of carboxylic acid groups (broad SMARTS) is 1. The second kappa shape index (κ2) is 5.01. The third kappa shape index (κ3) is 2.95. The molecule has 0 saturated carbocycles. The summed E-state index contributed by atoms with van der Waals surface area (Å²) in [4.78, 5) is 26.3. The Balaban J connectivity index is 1.89. The zero-order valence-corrected chi connectivity index (χ0v) is 9.96. The molecule has 0 aromatic heterocycles. The standard InChI is InChI=1S/C11H18N2O4/c1-12-3-2-8(4-12)5-13-6-9(11(15)16)17-7-10(13)14/h8-9H,2-7H2,1H3,(H,15,16). The van der Waals surface area contributed by atoms with E-state index >= 15 is 0 Å². The van der Waals surface area contributed by atoms with Crippen LogP contribution in [0, 0.1) is 5.92 Å². The molecule has 0 spiro atoms. The van der Waals surface area contributed by atoms with Crippen molar-refractivity contribution in [1.82, 2.24) is 9.80 Å². The normalized spacial score (nSPS) is 30.9. The molecule has 2 atom stereocenters. The van der Waals surface area contributed by atoms with Gasteiger partial charge in [0.05, 0.1) is 6.54 Å². The minimum absolute atomic E-state index is 0.1000. The van der Waals surface area contributed by atoms with Crippen LogP contribution in [0.2, 0.25) is 0 Å². The first-order chi connectivity index (χ1) is 8.06. The number of likely N-dealkylation sites (tertiary alicyclic amines) is 1. The highest BCUT2D eigenvalue weighted by Crippen LogP contribution is 2.17. The Kier molecular flexibility index (Phi) is 3.63. The minimum Gasteiger partial charge on any atom is -0.479 e. The first-order valence-corrected chi connectivity index (χ1v) is 5.87. The molecule has 0 aromatic rings. The second-order valence-electron chi connectivity index (χ2n) is 4.85. The number of hydrogen-bond acceptors (Lipinski definition) is 4. The SMILES string of the molecule is CN1CCC(CN2CC(C(=O)O)OCC2=O)C1. The molecular formula is C11H18N2O4. The van der Waals surface area contributed by atoms with Gasteiger partial charge in [-0.3, -0.25) is 4.79 Å². The van der Waals surface area contributed by atoms with Gasteiger partial charge >= 0.3 is 5.97 Å². The van der Waals surface area contributed by atoms with Gasteiger partial charge in [0.2, 0.25) is 5.91 Å². The molecule has 0 aromatic carbocycles. The maximum absolute atomic E-state index is 11.6. The highest BCUT2D eigenvalue weighted by molar-refractivity contribution is 5.81. The number of carbonyl (C=O) groups is 2. The fourth-order valence-electron chi connectivity index (χ4n) is 2.43. The monoisotopic (exact) mass is 242 g/mol. The lowest BCUT2D eigenvalue weighted by molar-refractivity contribution is -0.165. The smallest absolute Gasteiger partial charge is 0.334 e. The van der Waals surface area contributed by atoms with E-state index in [2.05, 4.69) is 11.9 Å². The summed E-state index contributed by atoms with van der Waals surface area (Å²) in [7, 11) is 2.06. The summed E-state index contributed by atoms with van der Waals surface area (Å²) >= 11 is 0.